The highest BCUT2D eigenvalue weighted by molar-refractivity contribution is 5.28. The van der Waals surface area contributed by atoms with E-state index in [4.69, 9.17) is 0 Å². The maximum absolute atomic E-state index is 2.38. The van der Waals surface area contributed by atoms with Crippen molar-refractivity contribution in [2.24, 2.45) is 11.8 Å². The number of hydrogen-bond acceptors (Lipinski definition) is 0. The lowest BCUT2D eigenvalue weighted by Crippen LogP contribution is -1.96. The molecule has 0 nitrogen and oxygen atoms in total. The van der Waals surface area contributed by atoms with Crippen molar-refractivity contribution < 1.29 is 0 Å². The fourth-order valence-electron chi connectivity index (χ4n) is 1.31. The topological polar surface area (TPSA) is 0 Å². The molecular formula is C14H26. The summed E-state index contributed by atoms with van der Waals surface area (Å²) in [7, 11) is 0. The van der Waals surface area contributed by atoms with E-state index in [9.17, 15) is 0 Å². The Labute approximate surface area is 90.1 Å². The molecule has 0 aliphatic carbocycles. The molecule has 0 aromatic rings. The van der Waals surface area contributed by atoms with Crippen molar-refractivity contribution in [1.29, 1.82) is 0 Å². The smallest absolute Gasteiger partial charge is 0.0257 e. The SMILES string of the molecule is CCC(/C=C(\C)C(C)C)=C(/C)C(C)C. The Bertz CT molecular complexity index is 226. The third-order valence-electron chi connectivity index (χ3n) is 3.07. The number of rotatable bonds is 4. The summed E-state index contributed by atoms with van der Waals surface area (Å²) < 4.78 is 0. The van der Waals surface area contributed by atoms with Crippen LogP contribution < -0.4 is 0 Å². The first-order valence-electron chi connectivity index (χ1n) is 5.77. The van der Waals surface area contributed by atoms with Gasteiger partial charge in [0.05, 0.1) is 0 Å². The van der Waals surface area contributed by atoms with Crippen molar-refractivity contribution in [2.45, 2.75) is 54.9 Å². The van der Waals surface area contributed by atoms with E-state index in [0.29, 0.717) is 11.8 Å². The zero-order valence-electron chi connectivity index (χ0n) is 10.9. The van der Waals surface area contributed by atoms with E-state index < -0.39 is 0 Å². The summed E-state index contributed by atoms with van der Waals surface area (Å²) in [6.07, 6.45) is 3.52. The molecule has 0 N–H and O–H groups in total. The third-order valence-corrected chi connectivity index (χ3v) is 3.07. The zero-order valence-corrected chi connectivity index (χ0v) is 10.9. The van der Waals surface area contributed by atoms with Crippen molar-refractivity contribution in [3.63, 3.8) is 0 Å². The summed E-state index contributed by atoms with van der Waals surface area (Å²) in [5.41, 5.74) is 4.54. The van der Waals surface area contributed by atoms with Gasteiger partial charge in [0.1, 0.15) is 0 Å². The Morgan fingerprint density at radius 2 is 1.50 bits per heavy atom. The van der Waals surface area contributed by atoms with Crippen LogP contribution in [0.2, 0.25) is 0 Å². The Hall–Kier alpha value is -0.520. The fourth-order valence-corrected chi connectivity index (χ4v) is 1.31. The molecule has 0 amide bonds. The molecule has 0 saturated heterocycles. The predicted molar refractivity (Wildman–Crippen MR) is 66.4 cm³/mol. The summed E-state index contributed by atoms with van der Waals surface area (Å²) in [5, 5.41) is 0. The molecule has 0 aliphatic rings. The molecule has 0 aromatic heterocycles. The minimum Gasteiger partial charge on any atom is -0.0705 e. The van der Waals surface area contributed by atoms with Crippen LogP contribution in [0.3, 0.4) is 0 Å². The van der Waals surface area contributed by atoms with Crippen LogP contribution in [-0.2, 0) is 0 Å². The van der Waals surface area contributed by atoms with Gasteiger partial charge in [-0.3, -0.25) is 0 Å². The summed E-state index contributed by atoms with van der Waals surface area (Å²) in [6, 6.07) is 0. The van der Waals surface area contributed by atoms with Crippen molar-refractivity contribution in [1.82, 2.24) is 0 Å². The normalized spacial score (nSPS) is 15.1. The van der Waals surface area contributed by atoms with E-state index in [1.54, 1.807) is 0 Å². The summed E-state index contributed by atoms with van der Waals surface area (Å²) in [6.45, 7) is 15.8. The molecule has 0 fully saturated rings. The highest BCUT2D eigenvalue weighted by atomic mass is 14.1. The van der Waals surface area contributed by atoms with Gasteiger partial charge in [-0.15, -0.1) is 0 Å². The van der Waals surface area contributed by atoms with Crippen LogP contribution in [0, 0.1) is 11.8 Å². The molecule has 14 heavy (non-hydrogen) atoms. The Morgan fingerprint density at radius 1 is 1.00 bits per heavy atom. The van der Waals surface area contributed by atoms with Gasteiger partial charge >= 0.3 is 0 Å². The van der Waals surface area contributed by atoms with E-state index in [1.807, 2.05) is 0 Å². The Balaban J connectivity index is 4.92. The van der Waals surface area contributed by atoms with Crippen LogP contribution >= 0.6 is 0 Å². The van der Waals surface area contributed by atoms with Crippen LogP contribution in [0.4, 0.5) is 0 Å². The van der Waals surface area contributed by atoms with Gasteiger partial charge in [0, 0.05) is 0 Å². The quantitative estimate of drug-likeness (QED) is 0.554. The molecule has 0 atom stereocenters. The molecule has 0 spiro atoms. The second-order valence-electron chi connectivity index (χ2n) is 4.76. The summed E-state index contributed by atoms with van der Waals surface area (Å²) >= 11 is 0. The van der Waals surface area contributed by atoms with Crippen molar-refractivity contribution in [2.75, 3.05) is 0 Å². The van der Waals surface area contributed by atoms with Crippen LogP contribution in [0.25, 0.3) is 0 Å². The molecule has 0 bridgehead atoms. The second-order valence-corrected chi connectivity index (χ2v) is 4.76. The molecular weight excluding hydrogens is 168 g/mol. The average molecular weight is 194 g/mol. The standard InChI is InChI=1S/C14H26/c1-8-14(13(7)11(4)5)9-12(6)10(2)3/h9-11H,8H2,1-7H3/b12-9+,14-13+. The first-order valence-corrected chi connectivity index (χ1v) is 5.77. The molecule has 0 unspecified atom stereocenters. The van der Waals surface area contributed by atoms with Gasteiger partial charge in [0.15, 0.2) is 0 Å². The predicted octanol–water partition coefficient (Wildman–Crippen LogP) is 4.97. The molecule has 0 heteroatoms. The van der Waals surface area contributed by atoms with E-state index in [2.05, 4.69) is 54.5 Å². The van der Waals surface area contributed by atoms with E-state index in [1.165, 1.54) is 16.7 Å². The van der Waals surface area contributed by atoms with E-state index in [0.717, 1.165) is 6.42 Å². The molecule has 0 aromatic carbocycles. The van der Waals surface area contributed by atoms with E-state index in [-0.39, 0.29) is 0 Å². The Morgan fingerprint density at radius 3 is 1.79 bits per heavy atom. The summed E-state index contributed by atoms with van der Waals surface area (Å²) in [5.74, 6) is 1.33. The minimum atomic E-state index is 0.663. The molecule has 0 heterocycles. The monoisotopic (exact) mass is 194 g/mol. The molecule has 82 valence electrons. The first kappa shape index (κ1) is 13.5. The maximum atomic E-state index is 2.38. The number of hydrogen-bond donors (Lipinski definition) is 0. The minimum absolute atomic E-state index is 0.663. The molecule has 0 saturated carbocycles. The summed E-state index contributed by atoms with van der Waals surface area (Å²) in [4.78, 5) is 0. The van der Waals surface area contributed by atoms with Crippen LogP contribution in [-0.4, -0.2) is 0 Å². The largest absolute Gasteiger partial charge is 0.0705 e. The Kier molecular flexibility index (Phi) is 5.83. The van der Waals surface area contributed by atoms with Gasteiger partial charge < -0.3 is 0 Å². The van der Waals surface area contributed by atoms with Gasteiger partial charge in [-0.1, -0.05) is 51.8 Å². The number of allylic oxidation sites excluding steroid dienone is 4. The van der Waals surface area contributed by atoms with Gasteiger partial charge in [0.2, 0.25) is 0 Å². The zero-order chi connectivity index (χ0) is 11.3. The fraction of sp³-hybridized carbons (Fsp3) is 0.714. The average Bonchev–Trinajstić information content (AvgIpc) is 2.12. The third kappa shape index (κ3) is 4.13. The van der Waals surface area contributed by atoms with E-state index >= 15 is 0 Å². The second kappa shape index (κ2) is 6.06. The lowest BCUT2D eigenvalue weighted by molar-refractivity contribution is 0.744. The van der Waals surface area contributed by atoms with Gasteiger partial charge in [-0.25, -0.2) is 0 Å². The van der Waals surface area contributed by atoms with Crippen molar-refractivity contribution >= 4 is 0 Å². The first-order chi connectivity index (χ1) is 6.40. The van der Waals surface area contributed by atoms with Gasteiger partial charge in [-0.05, 0) is 37.7 Å². The van der Waals surface area contributed by atoms with Crippen molar-refractivity contribution in [3.8, 4) is 0 Å². The lowest BCUT2D eigenvalue weighted by atomic mass is 9.94. The molecule has 0 aliphatic heterocycles. The van der Waals surface area contributed by atoms with Crippen LogP contribution in [0.1, 0.15) is 54.9 Å². The van der Waals surface area contributed by atoms with Crippen LogP contribution in [0.15, 0.2) is 22.8 Å². The lowest BCUT2D eigenvalue weighted by Gasteiger charge is -2.13. The highest BCUT2D eigenvalue weighted by Crippen LogP contribution is 2.21. The van der Waals surface area contributed by atoms with Gasteiger partial charge in [-0.2, -0.15) is 0 Å². The maximum Gasteiger partial charge on any atom is -0.0257 e. The molecule has 0 radical (unpaired) electrons. The molecule has 0 rings (SSSR count). The van der Waals surface area contributed by atoms with Crippen molar-refractivity contribution in [3.05, 3.63) is 22.8 Å². The van der Waals surface area contributed by atoms with Gasteiger partial charge in [0.25, 0.3) is 0 Å². The highest BCUT2D eigenvalue weighted by Gasteiger charge is 2.04. The van der Waals surface area contributed by atoms with Crippen LogP contribution in [0.5, 0.6) is 0 Å².